The first-order chi connectivity index (χ1) is 8.25. The highest BCUT2D eigenvalue weighted by molar-refractivity contribution is 5.24. The van der Waals surface area contributed by atoms with Crippen LogP contribution in [0, 0.1) is 6.92 Å². The summed E-state index contributed by atoms with van der Waals surface area (Å²) in [6, 6.07) is 8.22. The highest BCUT2D eigenvalue weighted by Gasteiger charge is 2.16. The Balaban J connectivity index is 1.74. The van der Waals surface area contributed by atoms with E-state index in [2.05, 4.69) is 19.1 Å². The Bertz CT molecular complexity index is 348. The zero-order valence-corrected chi connectivity index (χ0v) is 10.4. The molecule has 3 heteroatoms. The minimum Gasteiger partial charge on any atom is -0.377 e. The van der Waals surface area contributed by atoms with E-state index in [4.69, 9.17) is 15.2 Å². The van der Waals surface area contributed by atoms with Crippen LogP contribution in [0.25, 0.3) is 0 Å². The summed E-state index contributed by atoms with van der Waals surface area (Å²) in [7, 11) is 0. The molecule has 1 fully saturated rings. The van der Waals surface area contributed by atoms with Gasteiger partial charge < -0.3 is 15.2 Å². The van der Waals surface area contributed by atoms with Gasteiger partial charge in [0.05, 0.1) is 25.4 Å². The Morgan fingerprint density at radius 1 is 1.53 bits per heavy atom. The van der Waals surface area contributed by atoms with Crippen LogP contribution in [0.2, 0.25) is 0 Å². The Labute approximate surface area is 103 Å². The van der Waals surface area contributed by atoms with E-state index in [1.54, 1.807) is 0 Å². The van der Waals surface area contributed by atoms with Gasteiger partial charge in [-0.25, -0.2) is 0 Å². The molecule has 0 spiro atoms. The largest absolute Gasteiger partial charge is 0.377 e. The molecule has 0 aliphatic carbocycles. The summed E-state index contributed by atoms with van der Waals surface area (Å²) >= 11 is 0. The van der Waals surface area contributed by atoms with Gasteiger partial charge >= 0.3 is 0 Å². The fourth-order valence-electron chi connectivity index (χ4n) is 2.10. The monoisotopic (exact) mass is 235 g/mol. The summed E-state index contributed by atoms with van der Waals surface area (Å²) in [4.78, 5) is 0. The van der Waals surface area contributed by atoms with Crippen molar-refractivity contribution in [1.29, 1.82) is 0 Å². The van der Waals surface area contributed by atoms with Crippen LogP contribution in [0.15, 0.2) is 24.3 Å². The topological polar surface area (TPSA) is 44.5 Å². The van der Waals surface area contributed by atoms with E-state index in [9.17, 15) is 0 Å². The predicted molar refractivity (Wildman–Crippen MR) is 67.9 cm³/mol. The molecule has 2 N–H and O–H groups in total. The fourth-order valence-corrected chi connectivity index (χ4v) is 2.10. The summed E-state index contributed by atoms with van der Waals surface area (Å²) in [6.07, 6.45) is 2.54. The lowest BCUT2D eigenvalue weighted by atomic mass is 10.1. The van der Waals surface area contributed by atoms with Crippen LogP contribution >= 0.6 is 0 Å². The van der Waals surface area contributed by atoms with Gasteiger partial charge in [-0.15, -0.1) is 0 Å². The fraction of sp³-hybridized carbons (Fsp3) is 0.571. The SMILES string of the molecule is Cc1cccc(C(N)COCC2CCCO2)c1. The number of aryl methyl sites for hydroxylation is 1. The molecule has 94 valence electrons. The number of hydrogen-bond acceptors (Lipinski definition) is 3. The standard InChI is InChI=1S/C14H21NO2/c1-11-4-2-5-12(8-11)14(15)10-16-9-13-6-3-7-17-13/h2,4-5,8,13-14H,3,6-7,9-10,15H2,1H3. The maximum Gasteiger partial charge on any atom is 0.0809 e. The highest BCUT2D eigenvalue weighted by atomic mass is 16.5. The molecule has 0 amide bonds. The van der Waals surface area contributed by atoms with E-state index in [1.807, 2.05) is 12.1 Å². The molecule has 1 aliphatic rings. The van der Waals surface area contributed by atoms with Gasteiger partial charge in [-0.05, 0) is 25.3 Å². The van der Waals surface area contributed by atoms with Crippen molar-refractivity contribution in [3.05, 3.63) is 35.4 Å². The van der Waals surface area contributed by atoms with Crippen molar-refractivity contribution in [3.8, 4) is 0 Å². The summed E-state index contributed by atoms with van der Waals surface area (Å²) in [5.74, 6) is 0. The highest BCUT2D eigenvalue weighted by Crippen LogP contribution is 2.15. The lowest BCUT2D eigenvalue weighted by Gasteiger charge is -2.15. The maximum absolute atomic E-state index is 6.08. The van der Waals surface area contributed by atoms with Gasteiger partial charge in [0.15, 0.2) is 0 Å². The Kier molecular flexibility index (Phi) is 4.54. The van der Waals surface area contributed by atoms with E-state index in [-0.39, 0.29) is 12.1 Å². The number of ether oxygens (including phenoxy) is 2. The van der Waals surface area contributed by atoms with Gasteiger partial charge in [0.1, 0.15) is 0 Å². The van der Waals surface area contributed by atoms with Crippen molar-refractivity contribution >= 4 is 0 Å². The molecule has 17 heavy (non-hydrogen) atoms. The zero-order valence-electron chi connectivity index (χ0n) is 10.4. The lowest BCUT2D eigenvalue weighted by Crippen LogP contribution is -2.21. The molecule has 0 bridgehead atoms. The molecule has 1 heterocycles. The van der Waals surface area contributed by atoms with E-state index in [1.165, 1.54) is 5.56 Å². The van der Waals surface area contributed by atoms with Crippen molar-refractivity contribution < 1.29 is 9.47 Å². The molecule has 0 aromatic heterocycles. The molecule has 1 saturated heterocycles. The van der Waals surface area contributed by atoms with Crippen LogP contribution in [0.3, 0.4) is 0 Å². The average molecular weight is 235 g/mol. The van der Waals surface area contributed by atoms with Gasteiger partial charge in [-0.2, -0.15) is 0 Å². The molecule has 2 atom stereocenters. The molecule has 2 rings (SSSR count). The summed E-state index contributed by atoms with van der Waals surface area (Å²) in [5, 5.41) is 0. The number of rotatable bonds is 5. The van der Waals surface area contributed by atoms with Gasteiger partial charge in [0.2, 0.25) is 0 Å². The lowest BCUT2D eigenvalue weighted by molar-refractivity contribution is 0.0129. The summed E-state index contributed by atoms with van der Waals surface area (Å²) < 4.78 is 11.1. The molecular weight excluding hydrogens is 214 g/mol. The Morgan fingerprint density at radius 3 is 3.12 bits per heavy atom. The molecule has 2 unspecified atom stereocenters. The van der Waals surface area contributed by atoms with E-state index in [0.29, 0.717) is 13.2 Å². The van der Waals surface area contributed by atoms with E-state index >= 15 is 0 Å². The van der Waals surface area contributed by atoms with E-state index in [0.717, 1.165) is 25.0 Å². The van der Waals surface area contributed by atoms with Crippen LogP contribution in [0.5, 0.6) is 0 Å². The molecule has 1 aliphatic heterocycles. The molecule has 0 radical (unpaired) electrons. The van der Waals surface area contributed by atoms with Crippen molar-refractivity contribution in [3.63, 3.8) is 0 Å². The minimum atomic E-state index is -0.0451. The third-order valence-corrected chi connectivity index (χ3v) is 3.10. The first-order valence-electron chi connectivity index (χ1n) is 6.27. The van der Waals surface area contributed by atoms with E-state index < -0.39 is 0 Å². The van der Waals surface area contributed by atoms with Crippen LogP contribution in [-0.2, 0) is 9.47 Å². The molecule has 1 aromatic rings. The third-order valence-electron chi connectivity index (χ3n) is 3.10. The molecule has 1 aromatic carbocycles. The summed E-state index contributed by atoms with van der Waals surface area (Å²) in [6.45, 7) is 4.17. The Morgan fingerprint density at radius 2 is 2.41 bits per heavy atom. The van der Waals surface area contributed by atoms with Gasteiger partial charge in [-0.1, -0.05) is 29.8 Å². The number of hydrogen-bond donors (Lipinski definition) is 1. The van der Waals surface area contributed by atoms with Crippen molar-refractivity contribution in [2.24, 2.45) is 5.73 Å². The van der Waals surface area contributed by atoms with Crippen molar-refractivity contribution in [1.82, 2.24) is 0 Å². The van der Waals surface area contributed by atoms with Crippen LogP contribution in [-0.4, -0.2) is 25.9 Å². The molecule has 0 saturated carbocycles. The van der Waals surface area contributed by atoms with Gasteiger partial charge in [-0.3, -0.25) is 0 Å². The molecular formula is C14H21NO2. The second-order valence-corrected chi connectivity index (χ2v) is 4.69. The zero-order chi connectivity index (χ0) is 12.1. The normalized spacial score (nSPS) is 21.6. The maximum atomic E-state index is 6.08. The second-order valence-electron chi connectivity index (χ2n) is 4.69. The predicted octanol–water partition coefficient (Wildman–Crippen LogP) is 2.19. The molecule has 3 nitrogen and oxygen atoms in total. The average Bonchev–Trinajstić information content (AvgIpc) is 2.82. The van der Waals surface area contributed by atoms with Crippen molar-refractivity contribution in [2.45, 2.75) is 31.9 Å². The first kappa shape index (κ1) is 12.6. The van der Waals surface area contributed by atoms with Crippen LogP contribution < -0.4 is 5.73 Å². The smallest absolute Gasteiger partial charge is 0.0809 e. The van der Waals surface area contributed by atoms with Gasteiger partial charge in [0, 0.05) is 6.61 Å². The van der Waals surface area contributed by atoms with Crippen LogP contribution in [0.4, 0.5) is 0 Å². The summed E-state index contributed by atoms with van der Waals surface area (Å²) in [5.41, 5.74) is 8.45. The second kappa shape index (κ2) is 6.15. The number of benzene rings is 1. The minimum absolute atomic E-state index is 0.0451. The van der Waals surface area contributed by atoms with Crippen LogP contribution in [0.1, 0.15) is 30.0 Å². The third kappa shape index (κ3) is 3.80. The van der Waals surface area contributed by atoms with Gasteiger partial charge in [0.25, 0.3) is 0 Å². The quantitative estimate of drug-likeness (QED) is 0.851. The first-order valence-corrected chi connectivity index (χ1v) is 6.27. The number of nitrogens with two attached hydrogens (primary N) is 1. The van der Waals surface area contributed by atoms with Crippen molar-refractivity contribution in [2.75, 3.05) is 19.8 Å². The Hall–Kier alpha value is -0.900.